The molecule has 0 bridgehead atoms. The van der Waals surface area contributed by atoms with E-state index in [4.69, 9.17) is 4.98 Å². The maximum absolute atomic E-state index is 12.7. The first-order valence-corrected chi connectivity index (χ1v) is 8.70. The van der Waals surface area contributed by atoms with Gasteiger partial charge >= 0.3 is 6.36 Å². The zero-order chi connectivity index (χ0) is 20.2. The number of para-hydroxylation sites is 1. The van der Waals surface area contributed by atoms with E-state index in [1.165, 1.54) is 6.07 Å². The molecule has 3 N–H and O–H groups in total. The fourth-order valence-corrected chi connectivity index (χ4v) is 3.59. The van der Waals surface area contributed by atoms with Gasteiger partial charge in [0, 0.05) is 16.3 Å². The van der Waals surface area contributed by atoms with Gasteiger partial charge in [-0.15, -0.1) is 13.2 Å². The summed E-state index contributed by atoms with van der Waals surface area (Å²) in [5.41, 5.74) is 2.31. The van der Waals surface area contributed by atoms with Crippen LogP contribution in [0.1, 0.15) is 0 Å². The average molecular weight is 396 g/mol. The van der Waals surface area contributed by atoms with Crippen LogP contribution >= 0.6 is 0 Å². The molecule has 144 valence electrons. The Balaban J connectivity index is 1.87. The number of pyridine rings is 1. The number of hydrogen-bond acceptors (Lipinski definition) is 3. The molecule has 0 saturated heterocycles. The van der Waals surface area contributed by atoms with Crippen LogP contribution in [0.2, 0.25) is 0 Å². The second-order valence-electron chi connectivity index (χ2n) is 6.55. The van der Waals surface area contributed by atoms with Crippen LogP contribution in [0.5, 0.6) is 11.5 Å². The van der Waals surface area contributed by atoms with Crippen molar-refractivity contribution in [1.82, 2.24) is 9.97 Å². The molecule has 5 nitrogen and oxygen atoms in total. The highest BCUT2D eigenvalue weighted by Crippen LogP contribution is 2.38. The maximum atomic E-state index is 12.7. The lowest BCUT2D eigenvalue weighted by molar-refractivity contribution is -0.342. The zero-order valence-corrected chi connectivity index (χ0v) is 14.7. The molecule has 0 fully saturated rings. The van der Waals surface area contributed by atoms with Gasteiger partial charge < -0.3 is 9.84 Å². The standard InChI is InChI=1S/C21H12F3N3O2/c22-21(23,24)29-17-9-11(5-6-16(17)28)19-14-10-26-20-18(14)13(7-8-25-20)12-3-1-2-4-15(12)27-19/h1-10,28H,(H,25,26)/p+1. The van der Waals surface area contributed by atoms with E-state index in [1.807, 2.05) is 36.5 Å². The molecule has 2 aromatic carbocycles. The van der Waals surface area contributed by atoms with Gasteiger partial charge in [-0.3, -0.25) is 0 Å². The molecular formula is C21H13F3N3O2+. The smallest absolute Gasteiger partial charge is 0.504 e. The van der Waals surface area contributed by atoms with Crippen molar-refractivity contribution in [2.24, 2.45) is 0 Å². The number of ether oxygens (including phenoxy) is 1. The Hall–Kier alpha value is -3.81. The number of benzene rings is 2. The highest BCUT2D eigenvalue weighted by molar-refractivity contribution is 6.18. The topological polar surface area (TPSA) is 72.3 Å². The van der Waals surface area contributed by atoms with Crippen LogP contribution in [0.3, 0.4) is 0 Å². The number of rotatable bonds is 2. The van der Waals surface area contributed by atoms with Gasteiger partial charge in [0.2, 0.25) is 0 Å². The minimum Gasteiger partial charge on any atom is -0.504 e. The number of aromatic hydroxyl groups is 1. The number of H-pyrrole nitrogens is 2. The molecule has 0 atom stereocenters. The van der Waals surface area contributed by atoms with Gasteiger partial charge in [0.25, 0.3) is 5.65 Å². The molecule has 0 aliphatic carbocycles. The molecule has 5 rings (SSSR count). The third-order valence-corrected chi connectivity index (χ3v) is 4.77. The van der Waals surface area contributed by atoms with Crippen LogP contribution in [-0.2, 0) is 0 Å². The van der Waals surface area contributed by atoms with Gasteiger partial charge in [-0.1, -0.05) is 18.2 Å². The molecule has 3 heterocycles. The third kappa shape index (κ3) is 2.89. The summed E-state index contributed by atoms with van der Waals surface area (Å²) in [5.74, 6) is -1.28. The lowest BCUT2D eigenvalue weighted by Gasteiger charge is -2.11. The largest absolute Gasteiger partial charge is 0.573 e. The summed E-state index contributed by atoms with van der Waals surface area (Å²) in [6.07, 6.45) is -1.35. The van der Waals surface area contributed by atoms with Gasteiger partial charge in [0.15, 0.2) is 11.5 Å². The number of nitrogens with one attached hydrogen (secondary N) is 2. The van der Waals surface area contributed by atoms with Crippen molar-refractivity contribution in [3.05, 3.63) is 60.9 Å². The number of nitrogens with zero attached hydrogens (tertiary/aromatic N) is 1. The molecule has 0 radical (unpaired) electrons. The quantitative estimate of drug-likeness (QED) is 0.443. The Morgan fingerprint density at radius 2 is 1.83 bits per heavy atom. The van der Waals surface area contributed by atoms with E-state index in [-0.39, 0.29) is 0 Å². The summed E-state index contributed by atoms with van der Waals surface area (Å²) >= 11 is 0. The Morgan fingerprint density at radius 3 is 2.66 bits per heavy atom. The zero-order valence-electron chi connectivity index (χ0n) is 14.7. The predicted octanol–water partition coefficient (Wildman–Crippen LogP) is 4.95. The molecule has 0 aliphatic rings. The van der Waals surface area contributed by atoms with Crippen LogP contribution in [0, 0.1) is 0 Å². The average Bonchev–Trinajstić information content (AvgIpc) is 3.05. The van der Waals surface area contributed by atoms with E-state index in [0.29, 0.717) is 16.8 Å². The van der Waals surface area contributed by atoms with E-state index in [2.05, 4.69) is 14.7 Å². The van der Waals surface area contributed by atoms with Crippen molar-refractivity contribution < 1.29 is 28.0 Å². The number of fused-ring (bicyclic) bond motifs is 2. The summed E-state index contributed by atoms with van der Waals surface area (Å²) in [4.78, 5) is 11.0. The summed E-state index contributed by atoms with van der Waals surface area (Å²) in [6, 6.07) is 13.3. The summed E-state index contributed by atoms with van der Waals surface area (Å²) < 4.78 is 42.1. The second kappa shape index (κ2) is 6.10. The molecule has 3 aromatic heterocycles. The third-order valence-electron chi connectivity index (χ3n) is 4.77. The number of alkyl halides is 3. The van der Waals surface area contributed by atoms with Crippen LogP contribution in [0.25, 0.3) is 44.0 Å². The van der Waals surface area contributed by atoms with Crippen molar-refractivity contribution in [3.8, 4) is 22.8 Å². The second-order valence-corrected chi connectivity index (χ2v) is 6.55. The molecule has 0 amide bonds. The minimum atomic E-state index is -4.92. The van der Waals surface area contributed by atoms with Crippen molar-refractivity contribution in [2.45, 2.75) is 6.36 Å². The fourth-order valence-electron chi connectivity index (χ4n) is 3.59. The van der Waals surface area contributed by atoms with Gasteiger partial charge in [0.05, 0.1) is 34.4 Å². The minimum absolute atomic E-state index is 0.384. The SMILES string of the molecule is Oc1ccc(-c2nc3ccccc3c3cc[nH]c4[nH+]cc2c43)cc1OC(F)(F)F. The van der Waals surface area contributed by atoms with E-state index in [9.17, 15) is 18.3 Å². The highest BCUT2D eigenvalue weighted by atomic mass is 19.4. The molecule has 8 heteroatoms. The van der Waals surface area contributed by atoms with Gasteiger partial charge in [-0.05, 0) is 30.3 Å². The number of phenols is 1. The van der Waals surface area contributed by atoms with Crippen LogP contribution in [-0.4, -0.2) is 21.4 Å². The van der Waals surface area contributed by atoms with E-state index in [0.717, 1.165) is 39.3 Å². The Morgan fingerprint density at radius 1 is 1.00 bits per heavy atom. The van der Waals surface area contributed by atoms with E-state index in [1.54, 1.807) is 6.20 Å². The van der Waals surface area contributed by atoms with Crippen molar-refractivity contribution in [2.75, 3.05) is 0 Å². The lowest BCUT2D eigenvalue weighted by atomic mass is 10.1. The van der Waals surface area contributed by atoms with Crippen molar-refractivity contribution in [3.63, 3.8) is 0 Å². The monoisotopic (exact) mass is 396 g/mol. The van der Waals surface area contributed by atoms with Crippen molar-refractivity contribution >= 4 is 32.7 Å². The first-order chi connectivity index (χ1) is 13.9. The molecule has 29 heavy (non-hydrogen) atoms. The molecule has 0 aliphatic heterocycles. The Kier molecular flexibility index (Phi) is 3.64. The van der Waals surface area contributed by atoms with E-state index < -0.39 is 17.9 Å². The van der Waals surface area contributed by atoms with Crippen LogP contribution in [0.15, 0.2) is 60.9 Å². The number of hydrogen-bond donors (Lipinski definition) is 2. The van der Waals surface area contributed by atoms with Crippen LogP contribution < -0.4 is 9.72 Å². The van der Waals surface area contributed by atoms with Gasteiger partial charge in [-0.2, -0.15) is 0 Å². The normalized spacial score (nSPS) is 12.1. The predicted molar refractivity (Wildman–Crippen MR) is 101 cm³/mol. The first kappa shape index (κ1) is 17.3. The number of aromatic nitrogens is 3. The van der Waals surface area contributed by atoms with Gasteiger partial charge in [-0.25, -0.2) is 15.0 Å². The summed E-state index contributed by atoms with van der Waals surface area (Å²) in [5, 5.41) is 13.3. The van der Waals surface area contributed by atoms with E-state index >= 15 is 0 Å². The maximum Gasteiger partial charge on any atom is 0.573 e. The molecule has 0 unspecified atom stereocenters. The number of halogens is 3. The fraction of sp³-hybridized carbons (Fsp3) is 0.0476. The molecule has 0 spiro atoms. The molecule has 0 saturated carbocycles. The summed E-state index contributed by atoms with van der Waals surface area (Å²) in [6.45, 7) is 0. The lowest BCUT2D eigenvalue weighted by Crippen LogP contribution is -2.17. The molecule has 5 aromatic rings. The number of phenolic OH excluding ortho intramolecular Hbond substituents is 1. The Bertz CT molecular complexity index is 1390. The van der Waals surface area contributed by atoms with Gasteiger partial charge in [0.1, 0.15) is 0 Å². The van der Waals surface area contributed by atoms with Crippen molar-refractivity contribution in [1.29, 1.82) is 0 Å². The first-order valence-electron chi connectivity index (χ1n) is 8.70. The Labute approximate surface area is 161 Å². The number of aromatic amines is 2. The molecular weight excluding hydrogens is 383 g/mol. The highest BCUT2D eigenvalue weighted by Gasteiger charge is 2.32. The summed E-state index contributed by atoms with van der Waals surface area (Å²) in [7, 11) is 0. The van der Waals surface area contributed by atoms with Crippen LogP contribution in [0.4, 0.5) is 13.2 Å².